The summed E-state index contributed by atoms with van der Waals surface area (Å²) in [5.74, 6) is 0. The van der Waals surface area contributed by atoms with Crippen LogP contribution < -0.4 is 0 Å². The average molecular weight is 142 g/mol. The highest BCUT2D eigenvalue weighted by molar-refractivity contribution is 7.17. The van der Waals surface area contributed by atoms with Gasteiger partial charge in [-0.2, -0.15) is 0 Å². The van der Waals surface area contributed by atoms with Crippen LogP contribution in [0.25, 0.3) is 0 Å². The third-order valence-electron chi connectivity index (χ3n) is 2.93. The molecule has 2 aliphatic rings. The fraction of sp³-hybridized carbons (Fsp3) is 1.00. The molecule has 0 N–H and O–H groups in total. The van der Waals surface area contributed by atoms with Gasteiger partial charge in [0.1, 0.15) is 0 Å². The first-order chi connectivity index (χ1) is 4.31. The first-order valence-electron chi connectivity index (χ1n) is 4.06. The Morgan fingerprint density at radius 3 is 2.44 bits per heavy atom. The first-order valence-corrected chi connectivity index (χ1v) is 4.73. The van der Waals surface area contributed by atoms with Gasteiger partial charge in [0.2, 0.25) is 0 Å². The molecular weight excluding hydrogens is 127 g/mol. The molecule has 1 heteroatoms. The van der Waals surface area contributed by atoms with Crippen molar-refractivity contribution in [2.75, 3.05) is 0 Å². The van der Waals surface area contributed by atoms with Crippen molar-refractivity contribution >= 4 is 9.24 Å². The largest absolute Gasteiger partial charge is 0.134 e. The SMILES string of the molecule is PC1CCCC2(CC2)C1. The smallest absolute Gasteiger partial charge is 0.0259 e. The number of rotatable bonds is 0. The van der Waals surface area contributed by atoms with Gasteiger partial charge in [-0.15, -0.1) is 9.24 Å². The molecule has 0 radical (unpaired) electrons. The molecule has 52 valence electrons. The zero-order chi connectivity index (χ0) is 6.32. The maximum absolute atomic E-state index is 2.99. The van der Waals surface area contributed by atoms with E-state index < -0.39 is 0 Å². The Morgan fingerprint density at radius 1 is 1.22 bits per heavy atom. The molecule has 2 saturated carbocycles. The zero-order valence-electron chi connectivity index (χ0n) is 5.90. The molecule has 9 heavy (non-hydrogen) atoms. The van der Waals surface area contributed by atoms with Crippen molar-refractivity contribution in [1.29, 1.82) is 0 Å². The normalized spacial score (nSPS) is 39.0. The first kappa shape index (κ1) is 6.16. The summed E-state index contributed by atoms with van der Waals surface area (Å²) in [7, 11) is 2.99. The van der Waals surface area contributed by atoms with E-state index in [1.54, 1.807) is 0 Å². The van der Waals surface area contributed by atoms with Crippen LogP contribution in [0.4, 0.5) is 0 Å². The van der Waals surface area contributed by atoms with Crippen LogP contribution in [0.3, 0.4) is 0 Å². The number of hydrogen-bond donors (Lipinski definition) is 0. The molecule has 0 nitrogen and oxygen atoms in total. The summed E-state index contributed by atoms with van der Waals surface area (Å²) in [6, 6.07) is 0. The Morgan fingerprint density at radius 2 is 2.00 bits per heavy atom. The molecule has 0 aromatic carbocycles. The summed E-state index contributed by atoms with van der Waals surface area (Å²) >= 11 is 0. The van der Waals surface area contributed by atoms with Crippen LogP contribution in [0.2, 0.25) is 0 Å². The molecule has 0 amide bonds. The van der Waals surface area contributed by atoms with Gasteiger partial charge in [-0.25, -0.2) is 0 Å². The van der Waals surface area contributed by atoms with Crippen LogP contribution >= 0.6 is 9.24 Å². The van der Waals surface area contributed by atoms with Crippen molar-refractivity contribution in [3.05, 3.63) is 0 Å². The van der Waals surface area contributed by atoms with E-state index in [4.69, 9.17) is 0 Å². The average Bonchev–Trinajstić information content (AvgIpc) is 2.49. The van der Waals surface area contributed by atoms with Crippen LogP contribution in [0.1, 0.15) is 38.5 Å². The molecule has 0 bridgehead atoms. The maximum Gasteiger partial charge on any atom is -0.0259 e. The van der Waals surface area contributed by atoms with Gasteiger partial charge < -0.3 is 0 Å². The maximum atomic E-state index is 2.99. The Bertz CT molecular complexity index is 116. The van der Waals surface area contributed by atoms with Crippen molar-refractivity contribution in [3.63, 3.8) is 0 Å². The van der Waals surface area contributed by atoms with Gasteiger partial charge in [0, 0.05) is 0 Å². The van der Waals surface area contributed by atoms with E-state index in [9.17, 15) is 0 Å². The molecule has 2 aliphatic carbocycles. The minimum Gasteiger partial charge on any atom is -0.134 e. The van der Waals surface area contributed by atoms with Crippen LogP contribution in [-0.4, -0.2) is 5.66 Å². The summed E-state index contributed by atoms with van der Waals surface area (Å²) in [5.41, 5.74) is 1.84. The van der Waals surface area contributed by atoms with Gasteiger partial charge in [0.05, 0.1) is 0 Å². The summed E-state index contributed by atoms with van der Waals surface area (Å²) < 4.78 is 0. The summed E-state index contributed by atoms with van der Waals surface area (Å²) in [5, 5.41) is 0. The third-order valence-corrected chi connectivity index (χ3v) is 3.50. The molecule has 2 rings (SSSR count). The van der Waals surface area contributed by atoms with Gasteiger partial charge >= 0.3 is 0 Å². The van der Waals surface area contributed by atoms with E-state index in [-0.39, 0.29) is 0 Å². The molecule has 0 saturated heterocycles. The van der Waals surface area contributed by atoms with E-state index in [0.717, 1.165) is 11.1 Å². The molecule has 1 spiro atoms. The van der Waals surface area contributed by atoms with Gasteiger partial charge in [-0.05, 0) is 43.2 Å². The van der Waals surface area contributed by atoms with Crippen molar-refractivity contribution in [2.24, 2.45) is 5.41 Å². The van der Waals surface area contributed by atoms with Crippen molar-refractivity contribution < 1.29 is 0 Å². The molecule has 2 atom stereocenters. The lowest BCUT2D eigenvalue weighted by atomic mass is 9.86. The number of hydrogen-bond acceptors (Lipinski definition) is 0. The minimum absolute atomic E-state index is 0.880. The minimum atomic E-state index is 0.880. The van der Waals surface area contributed by atoms with Crippen molar-refractivity contribution in [1.82, 2.24) is 0 Å². The Labute approximate surface area is 59.6 Å². The van der Waals surface area contributed by atoms with E-state index in [1.807, 2.05) is 0 Å². The van der Waals surface area contributed by atoms with Crippen molar-refractivity contribution in [2.45, 2.75) is 44.2 Å². The molecule has 0 aliphatic heterocycles. The molecule has 0 aromatic heterocycles. The molecular formula is C8H15P. The second kappa shape index (κ2) is 1.95. The van der Waals surface area contributed by atoms with E-state index >= 15 is 0 Å². The van der Waals surface area contributed by atoms with E-state index in [2.05, 4.69) is 9.24 Å². The third kappa shape index (κ3) is 1.15. The summed E-state index contributed by atoms with van der Waals surface area (Å²) in [6.45, 7) is 0. The Kier molecular flexibility index (Phi) is 1.34. The second-order valence-corrected chi connectivity index (χ2v) is 4.80. The van der Waals surface area contributed by atoms with E-state index in [1.165, 1.54) is 38.5 Å². The highest BCUT2D eigenvalue weighted by Gasteiger charge is 2.44. The van der Waals surface area contributed by atoms with E-state index in [0.29, 0.717) is 0 Å². The fourth-order valence-electron chi connectivity index (χ4n) is 2.13. The van der Waals surface area contributed by atoms with Crippen LogP contribution in [0, 0.1) is 5.41 Å². The predicted molar refractivity (Wildman–Crippen MR) is 43.6 cm³/mol. The summed E-state index contributed by atoms with van der Waals surface area (Å²) in [6.07, 6.45) is 9.09. The van der Waals surface area contributed by atoms with Crippen LogP contribution in [0.5, 0.6) is 0 Å². The van der Waals surface area contributed by atoms with Gasteiger partial charge in [0.25, 0.3) is 0 Å². The molecule has 2 unspecified atom stereocenters. The molecule has 0 aromatic rings. The monoisotopic (exact) mass is 142 g/mol. The van der Waals surface area contributed by atoms with Gasteiger partial charge in [-0.3, -0.25) is 0 Å². The predicted octanol–water partition coefficient (Wildman–Crippen LogP) is 2.58. The second-order valence-electron chi connectivity index (χ2n) is 3.86. The Balaban J connectivity index is 1.96. The van der Waals surface area contributed by atoms with Crippen molar-refractivity contribution in [3.8, 4) is 0 Å². The highest BCUT2D eigenvalue weighted by Crippen LogP contribution is 2.57. The fourth-order valence-corrected chi connectivity index (χ4v) is 2.87. The van der Waals surface area contributed by atoms with Gasteiger partial charge in [0.15, 0.2) is 0 Å². The van der Waals surface area contributed by atoms with Crippen LogP contribution in [0.15, 0.2) is 0 Å². The highest BCUT2D eigenvalue weighted by atomic mass is 31.0. The molecule has 2 fully saturated rings. The molecule has 0 heterocycles. The Hall–Kier alpha value is 0.430. The van der Waals surface area contributed by atoms with Gasteiger partial charge in [-0.1, -0.05) is 6.42 Å². The quantitative estimate of drug-likeness (QED) is 0.456. The zero-order valence-corrected chi connectivity index (χ0v) is 7.05. The lowest BCUT2D eigenvalue weighted by Crippen LogP contribution is -2.15. The van der Waals surface area contributed by atoms with Crippen LogP contribution in [-0.2, 0) is 0 Å². The summed E-state index contributed by atoms with van der Waals surface area (Å²) in [4.78, 5) is 0. The lowest BCUT2D eigenvalue weighted by Gasteiger charge is -2.25. The standard InChI is InChI=1S/C8H15P/c9-7-2-1-3-8(6-7)4-5-8/h7H,1-6,9H2. The topological polar surface area (TPSA) is 0 Å². The lowest BCUT2D eigenvalue weighted by molar-refractivity contribution is 0.345.